The van der Waals surface area contributed by atoms with Crippen LogP contribution in [0.3, 0.4) is 0 Å². The van der Waals surface area contributed by atoms with Crippen LogP contribution in [0.15, 0.2) is 23.4 Å². The molecule has 1 saturated heterocycles. The van der Waals surface area contributed by atoms with Gasteiger partial charge in [-0.05, 0) is 31.4 Å². The molecule has 5 heteroatoms. The van der Waals surface area contributed by atoms with Gasteiger partial charge in [-0.2, -0.15) is 0 Å². The maximum absolute atomic E-state index is 14.0. The molecule has 1 aromatic carbocycles. The van der Waals surface area contributed by atoms with Crippen molar-refractivity contribution >= 4 is 5.84 Å². The minimum atomic E-state index is -0.298. The molecule has 1 heterocycles. The van der Waals surface area contributed by atoms with Crippen LogP contribution in [-0.4, -0.2) is 29.0 Å². The van der Waals surface area contributed by atoms with Gasteiger partial charge in [0, 0.05) is 24.2 Å². The van der Waals surface area contributed by atoms with Crippen LogP contribution in [0.1, 0.15) is 37.3 Å². The Morgan fingerprint density at radius 1 is 1.55 bits per heavy atom. The zero-order chi connectivity index (χ0) is 14.5. The largest absolute Gasteiger partial charge is 0.409 e. The molecule has 0 saturated carbocycles. The van der Waals surface area contributed by atoms with E-state index in [9.17, 15) is 4.39 Å². The maximum atomic E-state index is 14.0. The van der Waals surface area contributed by atoms with Gasteiger partial charge in [0.05, 0.1) is 0 Å². The van der Waals surface area contributed by atoms with Crippen LogP contribution in [0.25, 0.3) is 0 Å². The van der Waals surface area contributed by atoms with Gasteiger partial charge in [-0.15, -0.1) is 0 Å². The summed E-state index contributed by atoms with van der Waals surface area (Å²) in [5.41, 5.74) is 6.52. The monoisotopic (exact) mass is 279 g/mol. The van der Waals surface area contributed by atoms with E-state index < -0.39 is 0 Å². The highest BCUT2D eigenvalue weighted by Gasteiger charge is 2.22. The van der Waals surface area contributed by atoms with Crippen molar-refractivity contribution in [3.63, 3.8) is 0 Å². The van der Waals surface area contributed by atoms with Crippen LogP contribution >= 0.6 is 0 Å². The van der Waals surface area contributed by atoms with Crippen LogP contribution in [-0.2, 0) is 6.54 Å². The molecule has 0 amide bonds. The van der Waals surface area contributed by atoms with E-state index in [1.165, 1.54) is 25.3 Å². The lowest BCUT2D eigenvalue weighted by molar-refractivity contribution is 0.308. The normalized spacial score (nSPS) is 20.5. The van der Waals surface area contributed by atoms with Crippen molar-refractivity contribution in [2.75, 3.05) is 13.1 Å². The van der Waals surface area contributed by atoms with Gasteiger partial charge >= 0.3 is 0 Å². The molecule has 1 aliphatic heterocycles. The van der Waals surface area contributed by atoms with Gasteiger partial charge in [-0.25, -0.2) is 4.39 Å². The minimum Gasteiger partial charge on any atom is -0.409 e. The Balaban J connectivity index is 2.00. The van der Waals surface area contributed by atoms with E-state index in [1.807, 2.05) is 0 Å². The lowest BCUT2D eigenvalue weighted by Crippen LogP contribution is -2.21. The Hall–Kier alpha value is -1.62. The van der Waals surface area contributed by atoms with Crippen LogP contribution in [0.4, 0.5) is 4.39 Å². The number of oxime groups is 1. The number of nitrogens with two attached hydrogens (primary N) is 1. The number of hydrogen-bond acceptors (Lipinski definition) is 3. The summed E-state index contributed by atoms with van der Waals surface area (Å²) in [5, 5.41) is 11.5. The van der Waals surface area contributed by atoms with Gasteiger partial charge in [0.2, 0.25) is 0 Å². The number of hydrogen-bond donors (Lipinski definition) is 2. The molecule has 1 atom stereocenters. The van der Waals surface area contributed by atoms with Crippen LogP contribution in [0.2, 0.25) is 0 Å². The summed E-state index contributed by atoms with van der Waals surface area (Å²) in [7, 11) is 0. The molecule has 1 aromatic rings. The molecule has 0 radical (unpaired) electrons. The minimum absolute atomic E-state index is 0.0698. The molecule has 0 spiro atoms. The van der Waals surface area contributed by atoms with E-state index >= 15 is 0 Å². The number of nitrogens with zero attached hydrogens (tertiary/aromatic N) is 2. The van der Waals surface area contributed by atoms with Gasteiger partial charge in [0.1, 0.15) is 5.82 Å². The molecule has 2 rings (SSSR count). The number of halogens is 1. The fourth-order valence-corrected chi connectivity index (χ4v) is 2.83. The molecule has 4 nitrogen and oxygen atoms in total. The number of amidine groups is 1. The van der Waals surface area contributed by atoms with Crippen molar-refractivity contribution < 1.29 is 9.60 Å². The lowest BCUT2D eigenvalue weighted by Gasteiger charge is -2.16. The first-order chi connectivity index (χ1) is 9.63. The summed E-state index contributed by atoms with van der Waals surface area (Å²) in [4.78, 5) is 2.29. The highest BCUT2D eigenvalue weighted by Crippen LogP contribution is 2.23. The Morgan fingerprint density at radius 2 is 2.35 bits per heavy atom. The first kappa shape index (κ1) is 14.8. The van der Waals surface area contributed by atoms with Gasteiger partial charge in [-0.1, -0.05) is 30.6 Å². The molecule has 1 fully saturated rings. The second kappa shape index (κ2) is 6.70. The van der Waals surface area contributed by atoms with Crippen LogP contribution < -0.4 is 5.73 Å². The molecule has 0 aromatic heterocycles. The molecule has 3 N–H and O–H groups in total. The number of rotatable bonds is 5. The SMILES string of the molecule is CCCC1CCN(Cc2ccc(/C(N)=N/O)cc2F)C1. The van der Waals surface area contributed by atoms with Crippen molar-refractivity contribution in [3.8, 4) is 0 Å². The molecule has 1 aliphatic rings. The van der Waals surface area contributed by atoms with E-state index in [0.29, 0.717) is 17.7 Å². The van der Waals surface area contributed by atoms with Gasteiger partial charge in [0.15, 0.2) is 5.84 Å². The maximum Gasteiger partial charge on any atom is 0.170 e. The average Bonchev–Trinajstić information content (AvgIpc) is 2.88. The zero-order valence-electron chi connectivity index (χ0n) is 11.8. The van der Waals surface area contributed by atoms with Crippen molar-refractivity contribution in [1.29, 1.82) is 0 Å². The highest BCUT2D eigenvalue weighted by molar-refractivity contribution is 5.97. The van der Waals surface area contributed by atoms with E-state index in [2.05, 4.69) is 17.0 Å². The summed E-state index contributed by atoms with van der Waals surface area (Å²) >= 11 is 0. The van der Waals surface area contributed by atoms with Crippen molar-refractivity contribution in [2.24, 2.45) is 16.8 Å². The number of likely N-dealkylation sites (tertiary alicyclic amines) is 1. The molecule has 0 bridgehead atoms. The third kappa shape index (κ3) is 3.48. The van der Waals surface area contributed by atoms with E-state index in [4.69, 9.17) is 10.9 Å². The Labute approximate surface area is 119 Å². The zero-order valence-corrected chi connectivity index (χ0v) is 11.8. The summed E-state index contributed by atoms with van der Waals surface area (Å²) in [5.74, 6) is 0.382. The molecule has 110 valence electrons. The summed E-state index contributed by atoms with van der Waals surface area (Å²) in [6.45, 7) is 4.91. The standard InChI is InChI=1S/C15H22FN3O/c1-2-3-11-6-7-19(9-11)10-13-5-4-12(8-14(13)16)15(17)18-20/h4-5,8,11,20H,2-3,6-7,9-10H2,1H3,(H2,17,18). The molecule has 0 aliphatic carbocycles. The van der Waals surface area contributed by atoms with Crippen molar-refractivity contribution in [2.45, 2.75) is 32.7 Å². The van der Waals surface area contributed by atoms with Gasteiger partial charge in [0.25, 0.3) is 0 Å². The Bertz CT molecular complexity index is 490. The smallest absolute Gasteiger partial charge is 0.170 e. The third-order valence-corrected chi connectivity index (χ3v) is 3.92. The van der Waals surface area contributed by atoms with Crippen molar-refractivity contribution in [3.05, 3.63) is 35.1 Å². The quantitative estimate of drug-likeness (QED) is 0.377. The van der Waals surface area contributed by atoms with Crippen LogP contribution in [0, 0.1) is 11.7 Å². The average molecular weight is 279 g/mol. The Kier molecular flexibility index (Phi) is 4.95. The summed E-state index contributed by atoms with van der Waals surface area (Å²) in [6.07, 6.45) is 3.67. The highest BCUT2D eigenvalue weighted by atomic mass is 19.1. The Morgan fingerprint density at radius 3 is 3.00 bits per heavy atom. The second-order valence-electron chi connectivity index (χ2n) is 5.47. The summed E-state index contributed by atoms with van der Waals surface area (Å²) in [6, 6.07) is 4.73. The predicted octanol–water partition coefficient (Wildman–Crippen LogP) is 2.54. The predicted molar refractivity (Wildman–Crippen MR) is 77.2 cm³/mol. The van der Waals surface area contributed by atoms with Gasteiger partial charge < -0.3 is 10.9 Å². The lowest BCUT2D eigenvalue weighted by atomic mass is 10.0. The molecular formula is C15H22FN3O. The molecule has 1 unspecified atom stereocenters. The van der Waals surface area contributed by atoms with Crippen LogP contribution in [0.5, 0.6) is 0 Å². The topological polar surface area (TPSA) is 61.8 Å². The van der Waals surface area contributed by atoms with Crippen molar-refractivity contribution in [1.82, 2.24) is 4.90 Å². The van der Waals surface area contributed by atoms with Gasteiger partial charge in [-0.3, -0.25) is 4.90 Å². The van der Waals surface area contributed by atoms with E-state index in [0.717, 1.165) is 19.0 Å². The first-order valence-corrected chi connectivity index (χ1v) is 7.12. The van der Waals surface area contributed by atoms with E-state index in [1.54, 1.807) is 12.1 Å². The number of benzene rings is 1. The first-order valence-electron chi connectivity index (χ1n) is 7.12. The second-order valence-corrected chi connectivity index (χ2v) is 5.47. The fraction of sp³-hybridized carbons (Fsp3) is 0.533. The third-order valence-electron chi connectivity index (χ3n) is 3.92. The molecule has 20 heavy (non-hydrogen) atoms. The summed E-state index contributed by atoms with van der Waals surface area (Å²) < 4.78 is 14.0. The molecular weight excluding hydrogens is 257 g/mol. The fourth-order valence-electron chi connectivity index (χ4n) is 2.83. The van der Waals surface area contributed by atoms with E-state index in [-0.39, 0.29) is 11.7 Å².